The zero-order chi connectivity index (χ0) is 16.7. The van der Waals surface area contributed by atoms with Gasteiger partial charge in [0.1, 0.15) is 0 Å². The monoisotopic (exact) mass is 319 g/mol. The molecule has 2 amide bonds. The molecule has 2 rings (SSSR count). The molecule has 23 heavy (non-hydrogen) atoms. The third kappa shape index (κ3) is 6.20. The molecular weight excluding hydrogens is 290 g/mol. The number of benzene rings is 1. The fourth-order valence-corrected chi connectivity index (χ4v) is 2.41. The van der Waals surface area contributed by atoms with Crippen molar-refractivity contribution in [3.63, 3.8) is 0 Å². The van der Waals surface area contributed by atoms with Gasteiger partial charge in [0, 0.05) is 31.4 Å². The van der Waals surface area contributed by atoms with Crippen LogP contribution >= 0.6 is 0 Å². The van der Waals surface area contributed by atoms with E-state index in [0.29, 0.717) is 5.92 Å². The van der Waals surface area contributed by atoms with Crippen LogP contribution in [0.2, 0.25) is 0 Å². The minimum atomic E-state index is -0.146. The van der Waals surface area contributed by atoms with Crippen molar-refractivity contribution in [2.75, 3.05) is 38.2 Å². The van der Waals surface area contributed by atoms with Gasteiger partial charge in [-0.05, 0) is 37.0 Å². The molecule has 5 heteroatoms. The molecule has 1 atom stereocenters. The number of nitrogens with zero attached hydrogens (tertiary/aromatic N) is 1. The second-order valence-electron chi connectivity index (χ2n) is 6.53. The second kappa shape index (κ2) is 8.89. The van der Waals surface area contributed by atoms with Crippen molar-refractivity contribution in [3.8, 4) is 0 Å². The van der Waals surface area contributed by atoms with Gasteiger partial charge in [-0.3, -0.25) is 4.90 Å². The molecule has 1 aliphatic heterocycles. The number of carbonyl (C=O) groups excluding carboxylic acids is 1. The molecule has 0 saturated carbocycles. The Labute approximate surface area is 139 Å². The van der Waals surface area contributed by atoms with E-state index >= 15 is 0 Å². The van der Waals surface area contributed by atoms with E-state index in [9.17, 15) is 4.79 Å². The van der Waals surface area contributed by atoms with Gasteiger partial charge in [-0.15, -0.1) is 0 Å². The lowest BCUT2D eigenvalue weighted by molar-refractivity contribution is 0.0384. The molecule has 1 unspecified atom stereocenters. The van der Waals surface area contributed by atoms with Crippen molar-refractivity contribution < 1.29 is 9.53 Å². The lowest BCUT2D eigenvalue weighted by Gasteiger charge is -2.26. The minimum absolute atomic E-state index is 0.146. The Morgan fingerprint density at radius 3 is 2.43 bits per heavy atom. The topological polar surface area (TPSA) is 53.6 Å². The summed E-state index contributed by atoms with van der Waals surface area (Å²) in [6, 6.07) is 8.11. The van der Waals surface area contributed by atoms with Gasteiger partial charge >= 0.3 is 6.03 Å². The summed E-state index contributed by atoms with van der Waals surface area (Å²) in [6.45, 7) is 11.0. The highest BCUT2D eigenvalue weighted by Crippen LogP contribution is 2.11. The lowest BCUT2D eigenvalue weighted by atomic mass is 10.1. The normalized spacial score (nSPS) is 17.0. The van der Waals surface area contributed by atoms with Gasteiger partial charge in [0.2, 0.25) is 0 Å². The minimum Gasteiger partial charge on any atom is -0.379 e. The van der Waals surface area contributed by atoms with Crippen LogP contribution in [0.25, 0.3) is 0 Å². The maximum absolute atomic E-state index is 11.9. The van der Waals surface area contributed by atoms with Crippen molar-refractivity contribution >= 4 is 11.7 Å². The highest BCUT2D eigenvalue weighted by atomic mass is 16.5. The Balaban J connectivity index is 1.76. The second-order valence-corrected chi connectivity index (χ2v) is 6.53. The predicted octanol–water partition coefficient (Wildman–Crippen LogP) is 2.73. The van der Waals surface area contributed by atoms with Gasteiger partial charge in [0.15, 0.2) is 0 Å². The van der Waals surface area contributed by atoms with Crippen LogP contribution in [0.4, 0.5) is 10.5 Å². The van der Waals surface area contributed by atoms with E-state index in [1.54, 1.807) is 0 Å². The van der Waals surface area contributed by atoms with Crippen LogP contribution in [-0.2, 0) is 11.2 Å². The highest BCUT2D eigenvalue weighted by Gasteiger charge is 2.11. The molecule has 0 aromatic heterocycles. The summed E-state index contributed by atoms with van der Waals surface area (Å²) >= 11 is 0. The molecule has 0 spiro atoms. The van der Waals surface area contributed by atoms with Gasteiger partial charge in [-0.1, -0.05) is 26.0 Å². The van der Waals surface area contributed by atoms with Crippen LogP contribution < -0.4 is 10.6 Å². The third-order valence-electron chi connectivity index (χ3n) is 4.39. The molecule has 1 saturated heterocycles. The number of hydrogen-bond acceptors (Lipinski definition) is 3. The smallest absolute Gasteiger partial charge is 0.319 e. The van der Waals surface area contributed by atoms with E-state index < -0.39 is 0 Å². The summed E-state index contributed by atoms with van der Waals surface area (Å²) in [5.74, 6) is 0.420. The standard InChI is InChI=1S/C18H29N3O2/c1-14(2)15(3)19-18(22)20-17-6-4-16(5-7-17)8-9-21-10-12-23-13-11-21/h4-7,14-15H,8-13H2,1-3H3,(H2,19,20,22). The highest BCUT2D eigenvalue weighted by molar-refractivity contribution is 5.89. The van der Waals surface area contributed by atoms with Crippen LogP contribution in [0.15, 0.2) is 24.3 Å². The summed E-state index contributed by atoms with van der Waals surface area (Å²) in [5, 5.41) is 5.83. The van der Waals surface area contributed by atoms with Crippen molar-refractivity contribution in [2.45, 2.75) is 33.2 Å². The third-order valence-corrected chi connectivity index (χ3v) is 4.39. The average molecular weight is 319 g/mol. The summed E-state index contributed by atoms with van der Waals surface area (Å²) in [4.78, 5) is 14.3. The Morgan fingerprint density at radius 2 is 1.83 bits per heavy atom. The molecule has 1 heterocycles. The van der Waals surface area contributed by atoms with E-state index in [2.05, 4.69) is 41.5 Å². The summed E-state index contributed by atoms with van der Waals surface area (Å²) in [5.41, 5.74) is 2.12. The maximum atomic E-state index is 11.9. The SMILES string of the molecule is CC(C)C(C)NC(=O)Nc1ccc(CCN2CCOCC2)cc1. The number of morpholine rings is 1. The Bertz CT molecular complexity index is 482. The number of urea groups is 1. The maximum Gasteiger partial charge on any atom is 0.319 e. The van der Waals surface area contributed by atoms with Crippen LogP contribution in [-0.4, -0.2) is 49.8 Å². The van der Waals surface area contributed by atoms with Crippen molar-refractivity contribution in [2.24, 2.45) is 5.92 Å². The lowest BCUT2D eigenvalue weighted by Crippen LogP contribution is -2.39. The largest absolute Gasteiger partial charge is 0.379 e. The van der Waals surface area contributed by atoms with Crippen LogP contribution in [0.3, 0.4) is 0 Å². The first-order valence-electron chi connectivity index (χ1n) is 8.51. The average Bonchev–Trinajstić information content (AvgIpc) is 2.55. The van der Waals surface area contributed by atoms with Crippen molar-refractivity contribution in [1.29, 1.82) is 0 Å². The predicted molar refractivity (Wildman–Crippen MR) is 93.9 cm³/mol. The number of hydrogen-bond donors (Lipinski definition) is 2. The molecule has 1 aromatic carbocycles. The molecule has 0 aliphatic carbocycles. The zero-order valence-corrected chi connectivity index (χ0v) is 14.5. The van der Waals surface area contributed by atoms with Gasteiger partial charge in [-0.25, -0.2) is 4.79 Å². The quantitative estimate of drug-likeness (QED) is 0.848. The molecule has 128 valence electrons. The van der Waals surface area contributed by atoms with E-state index in [0.717, 1.165) is 45.0 Å². The molecule has 1 aromatic rings. The van der Waals surface area contributed by atoms with E-state index in [1.807, 2.05) is 19.1 Å². The molecule has 0 bridgehead atoms. The fraction of sp³-hybridized carbons (Fsp3) is 0.611. The number of rotatable bonds is 6. The molecule has 2 N–H and O–H groups in total. The molecule has 5 nitrogen and oxygen atoms in total. The van der Waals surface area contributed by atoms with Crippen molar-refractivity contribution in [3.05, 3.63) is 29.8 Å². The van der Waals surface area contributed by atoms with Crippen LogP contribution in [0, 0.1) is 5.92 Å². The summed E-state index contributed by atoms with van der Waals surface area (Å²) in [6.07, 6.45) is 1.02. The van der Waals surface area contributed by atoms with E-state index in [-0.39, 0.29) is 12.1 Å². The van der Waals surface area contributed by atoms with Gasteiger partial charge in [0.25, 0.3) is 0 Å². The van der Waals surface area contributed by atoms with E-state index in [4.69, 9.17) is 4.74 Å². The summed E-state index contributed by atoms with van der Waals surface area (Å²) in [7, 11) is 0. The Morgan fingerprint density at radius 1 is 1.17 bits per heavy atom. The number of ether oxygens (including phenoxy) is 1. The van der Waals surface area contributed by atoms with Gasteiger partial charge < -0.3 is 15.4 Å². The molecule has 1 aliphatic rings. The van der Waals surface area contributed by atoms with Crippen LogP contribution in [0.5, 0.6) is 0 Å². The molecule has 1 fully saturated rings. The first-order chi connectivity index (χ1) is 11.0. The van der Waals surface area contributed by atoms with Gasteiger partial charge in [-0.2, -0.15) is 0 Å². The first-order valence-corrected chi connectivity index (χ1v) is 8.51. The molecule has 0 radical (unpaired) electrons. The number of anilines is 1. The fourth-order valence-electron chi connectivity index (χ4n) is 2.41. The van der Waals surface area contributed by atoms with Gasteiger partial charge in [0.05, 0.1) is 13.2 Å². The van der Waals surface area contributed by atoms with Crippen LogP contribution in [0.1, 0.15) is 26.3 Å². The number of carbonyl (C=O) groups is 1. The number of amides is 2. The number of nitrogens with one attached hydrogen (secondary N) is 2. The first kappa shape index (κ1) is 17.8. The summed E-state index contributed by atoms with van der Waals surface area (Å²) < 4.78 is 5.36. The Hall–Kier alpha value is -1.59. The van der Waals surface area contributed by atoms with E-state index in [1.165, 1.54) is 5.56 Å². The zero-order valence-electron chi connectivity index (χ0n) is 14.5. The van der Waals surface area contributed by atoms with Crippen molar-refractivity contribution in [1.82, 2.24) is 10.2 Å². The molecular formula is C18H29N3O2. The Kier molecular flexibility index (Phi) is 6.86.